The van der Waals surface area contributed by atoms with Gasteiger partial charge in [-0.3, -0.25) is 9.59 Å². The highest BCUT2D eigenvalue weighted by atomic mass is 16.2. The molecule has 3 aromatic rings. The van der Waals surface area contributed by atoms with Gasteiger partial charge in [0.15, 0.2) is 0 Å². The third-order valence-electron chi connectivity index (χ3n) is 5.25. The summed E-state index contributed by atoms with van der Waals surface area (Å²) in [7, 11) is 0. The summed E-state index contributed by atoms with van der Waals surface area (Å²) in [6.07, 6.45) is 3.20. The molecule has 126 valence electrons. The molecule has 0 radical (unpaired) electrons. The number of rotatable bonds is 4. The maximum Gasteiger partial charge on any atom is 0.250 e. The van der Waals surface area contributed by atoms with E-state index in [2.05, 4.69) is 29.2 Å². The van der Waals surface area contributed by atoms with E-state index >= 15 is 0 Å². The molecule has 0 saturated carbocycles. The molecule has 1 aliphatic rings. The Morgan fingerprint density at radius 1 is 0.800 bits per heavy atom. The summed E-state index contributed by atoms with van der Waals surface area (Å²) < 4.78 is 0. The zero-order valence-corrected chi connectivity index (χ0v) is 14.2. The fourth-order valence-electron chi connectivity index (χ4n) is 3.86. The van der Waals surface area contributed by atoms with Crippen LogP contribution in [0.4, 0.5) is 5.69 Å². The van der Waals surface area contributed by atoms with Gasteiger partial charge in [0.25, 0.3) is 0 Å². The molecule has 0 unspecified atom stereocenters. The van der Waals surface area contributed by atoms with Gasteiger partial charge in [-0.05, 0) is 36.3 Å². The molecule has 0 N–H and O–H groups in total. The van der Waals surface area contributed by atoms with Crippen LogP contribution in [-0.2, 0) is 6.42 Å². The lowest BCUT2D eigenvalue weighted by atomic mass is 9.88. The number of anilines is 1. The van der Waals surface area contributed by atoms with E-state index in [0.29, 0.717) is 17.2 Å². The fourth-order valence-corrected chi connectivity index (χ4v) is 3.86. The van der Waals surface area contributed by atoms with E-state index in [-0.39, 0.29) is 10.9 Å². The highest BCUT2D eigenvalue weighted by molar-refractivity contribution is 5.82. The third-order valence-corrected chi connectivity index (χ3v) is 5.25. The van der Waals surface area contributed by atoms with Crippen LogP contribution < -0.4 is 15.8 Å². The van der Waals surface area contributed by atoms with Crippen molar-refractivity contribution in [3.05, 3.63) is 86.7 Å². The molecule has 1 heterocycles. The van der Waals surface area contributed by atoms with Gasteiger partial charge in [0.05, 0.1) is 5.56 Å². The normalized spacial score (nSPS) is 15.6. The minimum absolute atomic E-state index is 0.319. The molecule has 0 spiro atoms. The largest absolute Gasteiger partial charge is 0.368 e. The Bertz CT molecular complexity index is 916. The summed E-state index contributed by atoms with van der Waals surface area (Å²) in [6.45, 7) is 1.70. The Morgan fingerprint density at radius 2 is 1.40 bits per heavy atom. The highest BCUT2D eigenvalue weighted by Gasteiger charge is 2.29. The van der Waals surface area contributed by atoms with E-state index in [1.165, 1.54) is 5.56 Å². The predicted molar refractivity (Wildman–Crippen MR) is 102 cm³/mol. The third kappa shape index (κ3) is 3.02. The van der Waals surface area contributed by atoms with Crippen molar-refractivity contribution in [3.8, 4) is 11.1 Å². The smallest absolute Gasteiger partial charge is 0.250 e. The van der Waals surface area contributed by atoms with Gasteiger partial charge in [-0.15, -0.1) is 0 Å². The molecule has 25 heavy (non-hydrogen) atoms. The Labute approximate surface area is 147 Å². The first-order chi connectivity index (χ1) is 12.2. The van der Waals surface area contributed by atoms with Gasteiger partial charge in [-0.1, -0.05) is 60.7 Å². The quantitative estimate of drug-likeness (QED) is 0.688. The van der Waals surface area contributed by atoms with Crippen molar-refractivity contribution >= 4 is 5.69 Å². The number of hydrogen-bond acceptors (Lipinski definition) is 3. The second-order valence-electron chi connectivity index (χ2n) is 6.87. The van der Waals surface area contributed by atoms with E-state index < -0.39 is 0 Å². The molecule has 1 saturated heterocycles. The van der Waals surface area contributed by atoms with Crippen molar-refractivity contribution in [1.29, 1.82) is 0 Å². The maximum absolute atomic E-state index is 12.2. The van der Waals surface area contributed by atoms with Crippen LogP contribution in [-0.4, -0.2) is 13.1 Å². The number of benzene rings is 2. The maximum atomic E-state index is 12.2. The monoisotopic (exact) mass is 331 g/mol. The summed E-state index contributed by atoms with van der Waals surface area (Å²) in [5.41, 5.74) is 2.81. The van der Waals surface area contributed by atoms with Gasteiger partial charge in [0.2, 0.25) is 10.9 Å². The van der Waals surface area contributed by atoms with Crippen molar-refractivity contribution in [2.24, 2.45) is 5.92 Å². The van der Waals surface area contributed by atoms with Gasteiger partial charge in [0, 0.05) is 13.1 Å². The molecule has 0 aromatic heterocycles. The van der Waals surface area contributed by atoms with E-state index in [1.54, 1.807) is 0 Å². The molecule has 4 rings (SSSR count). The van der Waals surface area contributed by atoms with Crippen LogP contribution in [0.5, 0.6) is 0 Å². The topological polar surface area (TPSA) is 37.4 Å². The van der Waals surface area contributed by atoms with Crippen LogP contribution in [0.1, 0.15) is 18.4 Å². The molecule has 3 aromatic carbocycles. The number of nitrogens with zero attached hydrogens (tertiary/aromatic N) is 1. The van der Waals surface area contributed by atoms with Crippen molar-refractivity contribution in [3.63, 3.8) is 0 Å². The van der Waals surface area contributed by atoms with E-state index in [1.807, 2.05) is 36.4 Å². The zero-order valence-electron chi connectivity index (χ0n) is 14.2. The van der Waals surface area contributed by atoms with E-state index in [9.17, 15) is 9.59 Å². The van der Waals surface area contributed by atoms with Crippen molar-refractivity contribution in [2.45, 2.75) is 19.3 Å². The molecule has 1 aliphatic heterocycles. The minimum Gasteiger partial charge on any atom is -0.368 e. The number of hydrogen-bond donors (Lipinski definition) is 0. The van der Waals surface area contributed by atoms with Gasteiger partial charge < -0.3 is 4.90 Å². The second kappa shape index (κ2) is 6.67. The minimum atomic E-state index is -0.340. The molecule has 0 aliphatic carbocycles. The first kappa shape index (κ1) is 15.8. The van der Waals surface area contributed by atoms with Crippen LogP contribution in [0.25, 0.3) is 11.1 Å². The van der Waals surface area contributed by atoms with Crippen LogP contribution >= 0.6 is 0 Å². The molecule has 3 heteroatoms. The van der Waals surface area contributed by atoms with Crippen LogP contribution in [0.15, 0.2) is 70.3 Å². The molecule has 0 atom stereocenters. The van der Waals surface area contributed by atoms with Crippen LogP contribution in [0, 0.1) is 5.92 Å². The second-order valence-corrected chi connectivity index (χ2v) is 6.87. The summed E-state index contributed by atoms with van der Waals surface area (Å²) in [4.78, 5) is 26.4. The standard InChI is InChI=1S/C22H21NO2/c24-21-19(18-9-5-2-6-10-18)20(22(21)25)23-13-11-17(12-14-23)15-16-7-3-1-4-8-16/h1-10,17H,11-15H2. The Hall–Kier alpha value is -2.68. The summed E-state index contributed by atoms with van der Waals surface area (Å²) >= 11 is 0. The molecular weight excluding hydrogens is 310 g/mol. The lowest BCUT2D eigenvalue weighted by Crippen LogP contribution is -2.45. The Morgan fingerprint density at radius 3 is 2.04 bits per heavy atom. The molecule has 3 nitrogen and oxygen atoms in total. The van der Waals surface area contributed by atoms with Crippen molar-refractivity contribution in [2.75, 3.05) is 18.0 Å². The van der Waals surface area contributed by atoms with Gasteiger partial charge in [0.1, 0.15) is 5.69 Å². The fraction of sp³-hybridized carbons (Fsp3) is 0.273. The highest BCUT2D eigenvalue weighted by Crippen LogP contribution is 2.30. The Kier molecular flexibility index (Phi) is 4.22. The Balaban J connectivity index is 1.48. The SMILES string of the molecule is O=c1c(-c2ccccc2)c(N2CCC(Cc3ccccc3)CC2)c1=O. The van der Waals surface area contributed by atoms with Gasteiger partial charge in [-0.2, -0.15) is 0 Å². The van der Waals surface area contributed by atoms with Crippen LogP contribution in [0.3, 0.4) is 0 Å². The average molecular weight is 331 g/mol. The summed E-state index contributed by atoms with van der Waals surface area (Å²) in [5.74, 6) is 0.644. The van der Waals surface area contributed by atoms with Gasteiger partial charge >= 0.3 is 0 Å². The lowest BCUT2D eigenvalue weighted by molar-refractivity contribution is 0.403. The summed E-state index contributed by atoms with van der Waals surface area (Å²) in [5, 5.41) is 0. The summed E-state index contributed by atoms with van der Waals surface area (Å²) in [6, 6.07) is 20.1. The van der Waals surface area contributed by atoms with E-state index in [0.717, 1.165) is 37.9 Å². The van der Waals surface area contributed by atoms with E-state index in [4.69, 9.17) is 0 Å². The first-order valence-electron chi connectivity index (χ1n) is 8.91. The molecule has 0 amide bonds. The van der Waals surface area contributed by atoms with Crippen molar-refractivity contribution in [1.82, 2.24) is 0 Å². The zero-order chi connectivity index (χ0) is 17.2. The number of piperidine rings is 1. The first-order valence-corrected chi connectivity index (χ1v) is 8.91. The average Bonchev–Trinajstić information content (AvgIpc) is 2.67. The lowest BCUT2D eigenvalue weighted by Gasteiger charge is -2.35. The predicted octanol–water partition coefficient (Wildman–Crippen LogP) is 3.41. The molecular formula is C22H21NO2. The van der Waals surface area contributed by atoms with Crippen molar-refractivity contribution < 1.29 is 0 Å². The molecule has 1 fully saturated rings. The van der Waals surface area contributed by atoms with Crippen LogP contribution in [0.2, 0.25) is 0 Å². The van der Waals surface area contributed by atoms with Gasteiger partial charge in [-0.25, -0.2) is 0 Å². The molecule has 0 bridgehead atoms.